The Morgan fingerprint density at radius 2 is 1.89 bits per heavy atom. The molecule has 2 aromatic rings. The minimum atomic E-state index is 0.714. The van der Waals surface area contributed by atoms with Crippen molar-refractivity contribution in [3.63, 3.8) is 0 Å². The van der Waals surface area contributed by atoms with E-state index in [1.165, 1.54) is 16.0 Å². The van der Waals surface area contributed by atoms with Gasteiger partial charge in [0, 0.05) is 16.3 Å². The number of anilines is 1. The Morgan fingerprint density at radius 1 is 1.11 bits per heavy atom. The van der Waals surface area contributed by atoms with Crippen molar-refractivity contribution in [3.05, 3.63) is 58.7 Å². The van der Waals surface area contributed by atoms with Crippen LogP contribution in [0.25, 0.3) is 0 Å². The Morgan fingerprint density at radius 3 is 2.58 bits per heavy atom. The molecule has 0 radical (unpaired) electrons. The molecular formula is C16H16N2S. The number of rotatable bonds is 3. The molecule has 0 aliphatic carbocycles. The molecule has 0 spiro atoms. The maximum Gasteiger partial charge on any atom is 0.0991 e. The van der Waals surface area contributed by atoms with Crippen molar-refractivity contribution in [2.75, 3.05) is 5.73 Å². The second-order valence-corrected chi connectivity index (χ2v) is 5.58. The molecule has 2 rings (SSSR count). The first-order chi connectivity index (χ1) is 9.10. The molecule has 2 N–H and O–H groups in total. The zero-order valence-corrected chi connectivity index (χ0v) is 11.9. The number of nitriles is 1. The first-order valence-corrected chi connectivity index (χ1v) is 7.07. The van der Waals surface area contributed by atoms with E-state index in [1.807, 2.05) is 43.3 Å². The Labute approximate surface area is 118 Å². The van der Waals surface area contributed by atoms with E-state index < -0.39 is 0 Å². The molecule has 0 amide bonds. The van der Waals surface area contributed by atoms with Gasteiger partial charge in [-0.15, -0.1) is 11.8 Å². The topological polar surface area (TPSA) is 49.8 Å². The summed E-state index contributed by atoms with van der Waals surface area (Å²) in [6.07, 6.45) is 0. The molecule has 2 nitrogen and oxygen atoms in total. The van der Waals surface area contributed by atoms with Crippen LogP contribution >= 0.6 is 11.8 Å². The summed E-state index contributed by atoms with van der Waals surface area (Å²) in [5.74, 6) is 0.891. The smallest absolute Gasteiger partial charge is 0.0991 e. The lowest BCUT2D eigenvalue weighted by Crippen LogP contribution is -1.90. The van der Waals surface area contributed by atoms with Crippen LogP contribution in [0.5, 0.6) is 0 Å². The van der Waals surface area contributed by atoms with Gasteiger partial charge in [0.15, 0.2) is 0 Å². The number of nitrogens with two attached hydrogens (primary N) is 1. The summed E-state index contributed by atoms with van der Waals surface area (Å²) >= 11 is 1.78. The van der Waals surface area contributed by atoms with Crippen LogP contribution in [0.4, 0.5) is 5.69 Å². The molecule has 0 heterocycles. The number of nitrogen functional groups attached to an aromatic ring is 1. The lowest BCUT2D eigenvalue weighted by atomic mass is 10.1. The maximum absolute atomic E-state index is 8.86. The first kappa shape index (κ1) is 13.5. The lowest BCUT2D eigenvalue weighted by Gasteiger charge is -2.09. The van der Waals surface area contributed by atoms with E-state index in [0.717, 1.165) is 17.0 Å². The van der Waals surface area contributed by atoms with Crippen LogP contribution in [0.1, 0.15) is 22.3 Å². The van der Waals surface area contributed by atoms with Gasteiger partial charge in [-0.05, 0) is 54.8 Å². The number of aryl methyl sites for hydroxylation is 2. The number of thioether (sulfide) groups is 1. The van der Waals surface area contributed by atoms with Gasteiger partial charge >= 0.3 is 0 Å². The van der Waals surface area contributed by atoms with Crippen molar-refractivity contribution >= 4 is 17.4 Å². The third-order valence-electron chi connectivity index (χ3n) is 3.07. The molecule has 0 atom stereocenters. The van der Waals surface area contributed by atoms with E-state index in [-0.39, 0.29) is 0 Å². The van der Waals surface area contributed by atoms with Crippen molar-refractivity contribution in [1.82, 2.24) is 0 Å². The first-order valence-electron chi connectivity index (χ1n) is 6.08. The van der Waals surface area contributed by atoms with Crippen molar-refractivity contribution in [2.24, 2.45) is 0 Å². The molecular weight excluding hydrogens is 252 g/mol. The predicted molar refractivity (Wildman–Crippen MR) is 81.0 cm³/mol. The quantitative estimate of drug-likeness (QED) is 0.675. The third kappa shape index (κ3) is 3.30. The van der Waals surface area contributed by atoms with E-state index >= 15 is 0 Å². The van der Waals surface area contributed by atoms with E-state index in [9.17, 15) is 0 Å². The molecule has 19 heavy (non-hydrogen) atoms. The Hall–Kier alpha value is -1.92. The maximum atomic E-state index is 8.86. The molecule has 0 aliphatic heterocycles. The highest BCUT2D eigenvalue weighted by atomic mass is 32.2. The highest BCUT2D eigenvalue weighted by molar-refractivity contribution is 7.98. The van der Waals surface area contributed by atoms with Gasteiger partial charge < -0.3 is 5.73 Å². The van der Waals surface area contributed by atoms with Crippen LogP contribution in [0, 0.1) is 25.2 Å². The van der Waals surface area contributed by atoms with Crippen molar-refractivity contribution < 1.29 is 0 Å². The third-order valence-corrected chi connectivity index (χ3v) is 4.27. The van der Waals surface area contributed by atoms with Crippen LogP contribution < -0.4 is 5.73 Å². The highest BCUT2D eigenvalue weighted by Gasteiger charge is 2.04. The zero-order chi connectivity index (χ0) is 13.8. The minimum Gasteiger partial charge on any atom is -0.399 e. The van der Waals surface area contributed by atoms with Gasteiger partial charge in [0.25, 0.3) is 0 Å². The summed E-state index contributed by atoms with van der Waals surface area (Å²) in [6.45, 7) is 4.14. The van der Waals surface area contributed by atoms with E-state index in [0.29, 0.717) is 5.56 Å². The minimum absolute atomic E-state index is 0.714. The molecule has 0 bridgehead atoms. The summed E-state index contributed by atoms with van der Waals surface area (Å²) in [6, 6.07) is 14.0. The molecule has 0 saturated heterocycles. The largest absolute Gasteiger partial charge is 0.399 e. The second kappa shape index (κ2) is 5.81. The van der Waals surface area contributed by atoms with Gasteiger partial charge in [0.2, 0.25) is 0 Å². The number of benzene rings is 2. The van der Waals surface area contributed by atoms with Gasteiger partial charge in [-0.2, -0.15) is 5.26 Å². The predicted octanol–water partition coefficient (Wildman–Crippen LogP) is 4.05. The number of hydrogen-bond acceptors (Lipinski definition) is 3. The van der Waals surface area contributed by atoms with Crippen molar-refractivity contribution in [2.45, 2.75) is 24.5 Å². The van der Waals surface area contributed by atoms with Crippen LogP contribution in [0.3, 0.4) is 0 Å². The fraction of sp³-hybridized carbons (Fsp3) is 0.188. The van der Waals surface area contributed by atoms with Crippen LogP contribution in [-0.4, -0.2) is 0 Å². The second-order valence-electron chi connectivity index (χ2n) is 4.57. The van der Waals surface area contributed by atoms with Crippen molar-refractivity contribution in [3.8, 4) is 6.07 Å². The molecule has 0 aliphatic rings. The molecule has 0 saturated carbocycles. The van der Waals surface area contributed by atoms with Gasteiger partial charge in [-0.25, -0.2) is 0 Å². The average molecular weight is 268 g/mol. The van der Waals surface area contributed by atoms with E-state index in [4.69, 9.17) is 11.0 Å². The van der Waals surface area contributed by atoms with Gasteiger partial charge in [-0.1, -0.05) is 12.1 Å². The summed E-state index contributed by atoms with van der Waals surface area (Å²) in [7, 11) is 0. The van der Waals surface area contributed by atoms with Gasteiger partial charge in [0.05, 0.1) is 11.6 Å². The summed E-state index contributed by atoms with van der Waals surface area (Å²) in [5, 5.41) is 8.86. The van der Waals surface area contributed by atoms with Gasteiger partial charge in [0.1, 0.15) is 0 Å². The summed E-state index contributed by atoms with van der Waals surface area (Å²) in [5.41, 5.74) is 11.0. The summed E-state index contributed by atoms with van der Waals surface area (Å²) < 4.78 is 0. The molecule has 2 aromatic carbocycles. The average Bonchev–Trinajstić information content (AvgIpc) is 2.40. The monoisotopic (exact) mass is 268 g/mol. The fourth-order valence-corrected chi connectivity index (χ4v) is 3.01. The molecule has 0 aromatic heterocycles. The van der Waals surface area contributed by atoms with Crippen LogP contribution in [-0.2, 0) is 5.75 Å². The van der Waals surface area contributed by atoms with Crippen LogP contribution in [0.15, 0.2) is 41.3 Å². The summed E-state index contributed by atoms with van der Waals surface area (Å²) in [4.78, 5) is 1.21. The number of hydrogen-bond donors (Lipinski definition) is 1. The van der Waals surface area contributed by atoms with E-state index in [1.54, 1.807) is 11.8 Å². The standard InChI is InChI=1S/C16H16N2S/c1-11-3-6-15(18)8-16(11)19-10-14-5-4-13(9-17)7-12(14)2/h3-8H,10,18H2,1-2H3. The van der Waals surface area contributed by atoms with Crippen molar-refractivity contribution in [1.29, 1.82) is 5.26 Å². The molecule has 0 unspecified atom stereocenters. The molecule has 0 fully saturated rings. The van der Waals surface area contributed by atoms with Gasteiger partial charge in [-0.3, -0.25) is 0 Å². The van der Waals surface area contributed by atoms with E-state index in [2.05, 4.69) is 13.0 Å². The lowest BCUT2D eigenvalue weighted by molar-refractivity contribution is 1.26. The normalized spacial score (nSPS) is 10.2. The SMILES string of the molecule is Cc1cc(C#N)ccc1CSc1cc(N)ccc1C. The zero-order valence-electron chi connectivity index (χ0n) is 11.1. The molecule has 96 valence electrons. The molecule has 3 heteroatoms. The Balaban J connectivity index is 2.15. The van der Waals surface area contributed by atoms with Crippen LogP contribution in [0.2, 0.25) is 0 Å². The Bertz CT molecular complexity index is 642. The number of nitrogens with zero attached hydrogens (tertiary/aromatic N) is 1. The Kier molecular flexibility index (Phi) is 4.13. The highest BCUT2D eigenvalue weighted by Crippen LogP contribution is 2.28. The fourth-order valence-electron chi connectivity index (χ4n) is 1.86.